The van der Waals surface area contributed by atoms with Crippen LogP contribution in [-0.4, -0.2) is 17.6 Å². The van der Waals surface area contributed by atoms with E-state index in [0.717, 1.165) is 0 Å². The predicted octanol–water partition coefficient (Wildman–Crippen LogP) is 1.60. The first-order valence-corrected chi connectivity index (χ1v) is 5.79. The van der Waals surface area contributed by atoms with Crippen LogP contribution in [0.5, 0.6) is 0 Å². The van der Waals surface area contributed by atoms with E-state index in [4.69, 9.17) is 0 Å². The van der Waals surface area contributed by atoms with Gasteiger partial charge in [0.05, 0.1) is 4.90 Å². The highest BCUT2D eigenvalue weighted by Gasteiger charge is 2.19. The SMILES string of the molecule is CC(Br)S(=O)(=O)c1cccnc1. The van der Waals surface area contributed by atoms with E-state index in [0.29, 0.717) is 0 Å². The molecule has 1 aromatic heterocycles. The van der Waals surface area contributed by atoms with Crippen molar-refractivity contribution in [2.24, 2.45) is 0 Å². The highest BCUT2D eigenvalue weighted by atomic mass is 79.9. The molecule has 1 unspecified atom stereocenters. The molecule has 0 aliphatic heterocycles. The lowest BCUT2D eigenvalue weighted by Gasteiger charge is -2.04. The molecule has 1 rings (SSSR count). The second kappa shape index (κ2) is 3.53. The van der Waals surface area contributed by atoms with Crippen molar-refractivity contribution in [3.63, 3.8) is 0 Å². The Kier molecular flexibility index (Phi) is 2.85. The van der Waals surface area contributed by atoms with Crippen molar-refractivity contribution in [3.05, 3.63) is 24.5 Å². The van der Waals surface area contributed by atoms with E-state index in [1.165, 1.54) is 18.5 Å². The van der Waals surface area contributed by atoms with Gasteiger partial charge in [-0.2, -0.15) is 0 Å². The van der Waals surface area contributed by atoms with Gasteiger partial charge in [0, 0.05) is 12.4 Å². The highest BCUT2D eigenvalue weighted by Crippen LogP contribution is 2.17. The average Bonchev–Trinajstić information content (AvgIpc) is 2.06. The molecule has 1 atom stereocenters. The fourth-order valence-electron chi connectivity index (χ4n) is 0.703. The zero-order valence-corrected chi connectivity index (χ0v) is 8.84. The first-order valence-electron chi connectivity index (χ1n) is 3.33. The number of sulfone groups is 1. The van der Waals surface area contributed by atoms with E-state index in [-0.39, 0.29) is 4.90 Å². The van der Waals surface area contributed by atoms with E-state index in [1.54, 1.807) is 13.0 Å². The van der Waals surface area contributed by atoms with Crippen LogP contribution in [-0.2, 0) is 9.84 Å². The summed E-state index contributed by atoms with van der Waals surface area (Å²) in [7, 11) is -3.22. The number of hydrogen-bond donors (Lipinski definition) is 0. The van der Waals surface area contributed by atoms with E-state index in [9.17, 15) is 8.42 Å². The molecule has 5 heteroatoms. The summed E-state index contributed by atoms with van der Waals surface area (Å²) in [5, 5.41) is 0. The molecule has 66 valence electrons. The Bertz CT molecular complexity index is 347. The molecule has 0 aromatic carbocycles. The van der Waals surface area contributed by atoms with Crippen LogP contribution in [0.4, 0.5) is 0 Å². The van der Waals surface area contributed by atoms with Crippen molar-refractivity contribution >= 4 is 25.8 Å². The molecule has 1 aromatic rings. The molecule has 0 bridgehead atoms. The Labute approximate surface area is 79.9 Å². The van der Waals surface area contributed by atoms with Gasteiger partial charge in [0.25, 0.3) is 0 Å². The van der Waals surface area contributed by atoms with Gasteiger partial charge >= 0.3 is 0 Å². The predicted molar refractivity (Wildman–Crippen MR) is 49.8 cm³/mol. The van der Waals surface area contributed by atoms with Crippen LogP contribution in [0.2, 0.25) is 0 Å². The summed E-state index contributed by atoms with van der Waals surface area (Å²) in [4.78, 5) is 3.98. The maximum Gasteiger partial charge on any atom is 0.192 e. The van der Waals surface area contributed by atoms with Gasteiger partial charge in [0.1, 0.15) is 4.16 Å². The molecule has 0 saturated heterocycles. The summed E-state index contributed by atoms with van der Waals surface area (Å²) in [6.45, 7) is 1.57. The molecule has 0 radical (unpaired) electrons. The molecule has 0 saturated carbocycles. The fourth-order valence-corrected chi connectivity index (χ4v) is 2.20. The van der Waals surface area contributed by atoms with Gasteiger partial charge in [0.2, 0.25) is 0 Å². The highest BCUT2D eigenvalue weighted by molar-refractivity contribution is 9.11. The van der Waals surface area contributed by atoms with Gasteiger partial charge in [0.15, 0.2) is 9.84 Å². The first-order chi connectivity index (χ1) is 5.55. The standard InChI is InChI=1S/C7H8BrNO2S/c1-6(8)12(10,11)7-3-2-4-9-5-7/h2-6H,1H3. The number of nitrogens with zero attached hydrogens (tertiary/aromatic N) is 1. The lowest BCUT2D eigenvalue weighted by Crippen LogP contribution is -2.10. The zero-order chi connectivity index (χ0) is 9.19. The van der Waals surface area contributed by atoms with Crippen molar-refractivity contribution in [2.45, 2.75) is 16.0 Å². The zero-order valence-electron chi connectivity index (χ0n) is 6.44. The fraction of sp³-hybridized carbons (Fsp3) is 0.286. The second-order valence-corrected chi connectivity index (χ2v) is 6.52. The van der Waals surface area contributed by atoms with Gasteiger partial charge < -0.3 is 0 Å². The van der Waals surface area contributed by atoms with Crippen LogP contribution in [0.1, 0.15) is 6.92 Å². The number of halogens is 1. The van der Waals surface area contributed by atoms with Crippen LogP contribution in [0.15, 0.2) is 29.4 Å². The maximum atomic E-state index is 11.4. The van der Waals surface area contributed by atoms with Gasteiger partial charge in [-0.1, -0.05) is 15.9 Å². The Morgan fingerprint density at radius 1 is 1.58 bits per heavy atom. The number of aromatic nitrogens is 1. The van der Waals surface area contributed by atoms with Crippen molar-refractivity contribution in [1.29, 1.82) is 0 Å². The third-order valence-corrected chi connectivity index (χ3v) is 4.62. The largest absolute Gasteiger partial charge is 0.263 e. The van der Waals surface area contributed by atoms with Gasteiger partial charge in [-0.05, 0) is 19.1 Å². The molecular weight excluding hydrogens is 242 g/mol. The van der Waals surface area contributed by atoms with E-state index < -0.39 is 14.0 Å². The monoisotopic (exact) mass is 249 g/mol. The van der Waals surface area contributed by atoms with E-state index in [1.807, 2.05) is 0 Å². The van der Waals surface area contributed by atoms with Crippen LogP contribution < -0.4 is 0 Å². The third-order valence-electron chi connectivity index (χ3n) is 1.39. The smallest absolute Gasteiger partial charge is 0.192 e. The van der Waals surface area contributed by atoms with Gasteiger partial charge in [-0.3, -0.25) is 4.98 Å². The van der Waals surface area contributed by atoms with Crippen LogP contribution in [0.25, 0.3) is 0 Å². The number of rotatable bonds is 2. The van der Waals surface area contributed by atoms with Crippen LogP contribution in [0.3, 0.4) is 0 Å². The van der Waals surface area contributed by atoms with Crippen molar-refractivity contribution in [2.75, 3.05) is 0 Å². The minimum absolute atomic E-state index is 0.245. The summed E-state index contributed by atoms with van der Waals surface area (Å²) >= 11 is 3.02. The number of pyridine rings is 1. The maximum absolute atomic E-state index is 11.4. The second-order valence-electron chi connectivity index (χ2n) is 2.28. The molecular formula is C7H8BrNO2S. The summed E-state index contributed by atoms with van der Waals surface area (Å²) in [6, 6.07) is 3.13. The molecule has 1 heterocycles. The van der Waals surface area contributed by atoms with E-state index >= 15 is 0 Å². The first kappa shape index (κ1) is 9.67. The summed E-state index contributed by atoms with van der Waals surface area (Å²) < 4.78 is 22.3. The Morgan fingerprint density at radius 3 is 2.67 bits per heavy atom. The summed E-state index contributed by atoms with van der Waals surface area (Å²) in [6.07, 6.45) is 2.88. The third kappa shape index (κ3) is 1.84. The molecule has 0 aliphatic rings. The molecule has 0 spiro atoms. The van der Waals surface area contributed by atoms with Gasteiger partial charge in [-0.15, -0.1) is 0 Å². The number of hydrogen-bond acceptors (Lipinski definition) is 3. The van der Waals surface area contributed by atoms with Crippen molar-refractivity contribution in [1.82, 2.24) is 4.98 Å². The molecule has 12 heavy (non-hydrogen) atoms. The van der Waals surface area contributed by atoms with Gasteiger partial charge in [-0.25, -0.2) is 8.42 Å². The van der Waals surface area contributed by atoms with Crippen LogP contribution in [0, 0.1) is 0 Å². The molecule has 0 aliphatic carbocycles. The lowest BCUT2D eigenvalue weighted by atomic mass is 10.5. The normalized spacial score (nSPS) is 14.2. The topological polar surface area (TPSA) is 47.0 Å². The van der Waals surface area contributed by atoms with Crippen molar-refractivity contribution in [3.8, 4) is 0 Å². The lowest BCUT2D eigenvalue weighted by molar-refractivity contribution is 0.595. The van der Waals surface area contributed by atoms with E-state index in [2.05, 4.69) is 20.9 Å². The molecule has 0 N–H and O–H groups in total. The molecule has 0 fully saturated rings. The Balaban J connectivity index is 3.17. The Morgan fingerprint density at radius 2 is 2.25 bits per heavy atom. The minimum Gasteiger partial charge on any atom is -0.263 e. The Hall–Kier alpha value is -0.420. The average molecular weight is 250 g/mol. The summed E-state index contributed by atoms with van der Waals surface area (Å²) in [5.41, 5.74) is 0. The quantitative estimate of drug-likeness (QED) is 0.749. The number of alkyl halides is 1. The minimum atomic E-state index is -3.22. The summed E-state index contributed by atoms with van der Waals surface area (Å²) in [5.74, 6) is 0. The molecule has 0 amide bonds. The van der Waals surface area contributed by atoms with Crippen molar-refractivity contribution < 1.29 is 8.42 Å². The van der Waals surface area contributed by atoms with Crippen LogP contribution >= 0.6 is 15.9 Å². The molecule has 3 nitrogen and oxygen atoms in total.